The zero-order valence-electron chi connectivity index (χ0n) is 10.3. The van der Waals surface area contributed by atoms with Crippen molar-refractivity contribution in [2.24, 2.45) is 5.73 Å². The van der Waals surface area contributed by atoms with Crippen LogP contribution < -0.4 is 16.6 Å². The van der Waals surface area contributed by atoms with Gasteiger partial charge in [-0.05, 0) is 11.4 Å². The number of carbonyl (C=O) groups is 2. The number of amides is 2. The molecule has 110 valence electrons. The molecule has 0 fully saturated rings. The van der Waals surface area contributed by atoms with Crippen LogP contribution in [0.2, 0.25) is 10.0 Å². The van der Waals surface area contributed by atoms with Crippen molar-refractivity contribution in [2.75, 3.05) is 5.32 Å². The van der Waals surface area contributed by atoms with Crippen LogP contribution in [-0.2, 0) is 11.3 Å². The molecule has 0 aliphatic rings. The average Bonchev–Trinajstić information content (AvgIpc) is 2.88. The zero-order valence-corrected chi connectivity index (χ0v) is 12.6. The normalized spacial score (nSPS) is 10.4. The fourth-order valence-corrected chi connectivity index (χ4v) is 2.54. The lowest BCUT2D eigenvalue weighted by Gasteiger charge is -2.06. The van der Waals surface area contributed by atoms with E-state index in [-0.39, 0.29) is 22.2 Å². The minimum atomic E-state index is -0.680. The molecule has 0 atom stereocenters. The van der Waals surface area contributed by atoms with Crippen LogP contribution in [0.15, 0.2) is 22.4 Å². The van der Waals surface area contributed by atoms with Crippen LogP contribution in [0.25, 0.3) is 0 Å². The maximum absolute atomic E-state index is 11.9. The first-order valence-corrected chi connectivity index (χ1v) is 7.12. The Morgan fingerprint density at radius 2 is 2.14 bits per heavy atom. The van der Waals surface area contributed by atoms with E-state index < -0.39 is 17.4 Å². The lowest BCUT2D eigenvalue weighted by Crippen LogP contribution is -2.30. The second-order valence-corrected chi connectivity index (χ2v) is 5.55. The van der Waals surface area contributed by atoms with E-state index in [2.05, 4.69) is 10.4 Å². The highest BCUT2D eigenvalue weighted by Gasteiger charge is 2.15. The maximum Gasteiger partial charge on any atom is 0.287 e. The SMILES string of the molecule is NC(=O)c1ccsc1NC(=O)Cn1ncc(Cl)c(Cl)c1=O. The van der Waals surface area contributed by atoms with Gasteiger partial charge in [-0.1, -0.05) is 23.2 Å². The molecule has 2 aromatic rings. The summed E-state index contributed by atoms with van der Waals surface area (Å²) in [7, 11) is 0. The van der Waals surface area contributed by atoms with Crippen LogP contribution in [0, 0.1) is 0 Å². The van der Waals surface area contributed by atoms with Gasteiger partial charge < -0.3 is 11.1 Å². The fraction of sp³-hybridized carbons (Fsp3) is 0.0909. The molecule has 7 nitrogen and oxygen atoms in total. The topological polar surface area (TPSA) is 107 Å². The molecule has 2 heterocycles. The molecule has 0 radical (unpaired) electrons. The van der Waals surface area contributed by atoms with Crippen LogP contribution in [0.5, 0.6) is 0 Å². The van der Waals surface area contributed by atoms with Gasteiger partial charge in [0.15, 0.2) is 0 Å². The standard InChI is InChI=1S/C11H8Cl2N4O3S/c12-6-3-15-17(11(20)8(6)13)4-7(18)16-10-5(9(14)19)1-2-21-10/h1-3H,4H2,(H2,14,19)(H,16,18). The van der Waals surface area contributed by atoms with Gasteiger partial charge in [-0.15, -0.1) is 11.3 Å². The fourth-order valence-electron chi connectivity index (χ4n) is 1.46. The van der Waals surface area contributed by atoms with E-state index in [4.69, 9.17) is 28.9 Å². The van der Waals surface area contributed by atoms with Gasteiger partial charge in [-0.3, -0.25) is 14.4 Å². The Morgan fingerprint density at radius 3 is 2.81 bits per heavy atom. The van der Waals surface area contributed by atoms with Crippen molar-refractivity contribution in [2.45, 2.75) is 6.54 Å². The number of hydrogen-bond acceptors (Lipinski definition) is 5. The molecular formula is C11H8Cl2N4O3S. The van der Waals surface area contributed by atoms with Gasteiger partial charge in [-0.2, -0.15) is 5.10 Å². The molecule has 0 saturated heterocycles. The van der Waals surface area contributed by atoms with Crippen molar-refractivity contribution in [3.63, 3.8) is 0 Å². The van der Waals surface area contributed by atoms with Crippen LogP contribution in [0.4, 0.5) is 5.00 Å². The summed E-state index contributed by atoms with van der Waals surface area (Å²) in [6.07, 6.45) is 1.17. The molecule has 0 bridgehead atoms. The Bertz CT molecular complexity index is 771. The monoisotopic (exact) mass is 346 g/mol. The van der Waals surface area contributed by atoms with E-state index >= 15 is 0 Å². The van der Waals surface area contributed by atoms with E-state index in [1.54, 1.807) is 5.38 Å². The Hall–Kier alpha value is -1.90. The Morgan fingerprint density at radius 1 is 1.43 bits per heavy atom. The molecule has 10 heteroatoms. The van der Waals surface area contributed by atoms with E-state index in [9.17, 15) is 14.4 Å². The molecule has 0 aliphatic heterocycles. The number of nitrogens with zero attached hydrogens (tertiary/aromatic N) is 2. The van der Waals surface area contributed by atoms with Crippen molar-refractivity contribution in [1.29, 1.82) is 0 Å². The molecule has 3 N–H and O–H groups in total. The van der Waals surface area contributed by atoms with Gasteiger partial charge in [0.2, 0.25) is 5.91 Å². The van der Waals surface area contributed by atoms with Gasteiger partial charge >= 0.3 is 0 Å². The van der Waals surface area contributed by atoms with Crippen molar-refractivity contribution in [3.05, 3.63) is 43.6 Å². The van der Waals surface area contributed by atoms with Crippen molar-refractivity contribution in [3.8, 4) is 0 Å². The minimum Gasteiger partial charge on any atom is -0.366 e. The number of thiophene rings is 1. The highest BCUT2D eigenvalue weighted by atomic mass is 35.5. The third kappa shape index (κ3) is 3.41. The number of halogens is 2. The quantitative estimate of drug-likeness (QED) is 0.870. The summed E-state index contributed by atoms with van der Waals surface area (Å²) in [5.74, 6) is -1.20. The number of primary amides is 1. The van der Waals surface area contributed by atoms with Crippen molar-refractivity contribution < 1.29 is 9.59 Å². The third-order valence-electron chi connectivity index (χ3n) is 2.42. The largest absolute Gasteiger partial charge is 0.366 e. The second-order valence-electron chi connectivity index (χ2n) is 3.85. The number of rotatable bonds is 4. The van der Waals surface area contributed by atoms with E-state index in [0.717, 1.165) is 16.0 Å². The number of carbonyl (C=O) groups excluding carboxylic acids is 2. The molecule has 0 saturated carbocycles. The lowest BCUT2D eigenvalue weighted by atomic mass is 10.3. The third-order valence-corrected chi connectivity index (χ3v) is 4.00. The van der Waals surface area contributed by atoms with Gasteiger partial charge in [0.05, 0.1) is 16.8 Å². The van der Waals surface area contributed by atoms with Crippen LogP contribution >= 0.6 is 34.5 Å². The highest BCUT2D eigenvalue weighted by molar-refractivity contribution is 7.14. The smallest absolute Gasteiger partial charge is 0.287 e. The molecule has 2 rings (SSSR count). The number of nitrogens with two attached hydrogens (primary N) is 1. The summed E-state index contributed by atoms with van der Waals surface area (Å²) in [5.41, 5.74) is 4.68. The number of hydrogen-bond donors (Lipinski definition) is 2. The number of aromatic nitrogens is 2. The van der Waals surface area contributed by atoms with Crippen LogP contribution in [0.1, 0.15) is 10.4 Å². The minimum absolute atomic E-state index is 0.00703. The van der Waals surface area contributed by atoms with Gasteiger partial charge in [0, 0.05) is 0 Å². The second kappa shape index (κ2) is 6.25. The number of nitrogens with one attached hydrogen (secondary N) is 1. The molecule has 0 unspecified atom stereocenters. The highest BCUT2D eigenvalue weighted by Crippen LogP contribution is 2.22. The molecule has 2 aromatic heterocycles. The van der Waals surface area contributed by atoms with E-state index in [0.29, 0.717) is 5.00 Å². The summed E-state index contributed by atoms with van der Waals surface area (Å²) in [5, 5.41) is 7.90. The van der Waals surface area contributed by atoms with E-state index in [1.807, 2.05) is 0 Å². The molecule has 0 aliphatic carbocycles. The van der Waals surface area contributed by atoms with E-state index in [1.165, 1.54) is 12.3 Å². The van der Waals surface area contributed by atoms with Crippen LogP contribution in [0.3, 0.4) is 0 Å². The predicted octanol–water partition coefficient (Wildman–Crippen LogP) is 1.35. The number of anilines is 1. The van der Waals surface area contributed by atoms with Gasteiger partial charge in [0.1, 0.15) is 16.6 Å². The first-order valence-electron chi connectivity index (χ1n) is 5.48. The van der Waals surface area contributed by atoms with Crippen molar-refractivity contribution >= 4 is 51.4 Å². The Kier molecular flexibility index (Phi) is 4.61. The molecular weight excluding hydrogens is 339 g/mol. The van der Waals surface area contributed by atoms with Gasteiger partial charge in [-0.25, -0.2) is 4.68 Å². The summed E-state index contributed by atoms with van der Waals surface area (Å²) >= 11 is 12.5. The maximum atomic E-state index is 11.9. The first kappa shape index (κ1) is 15.5. The molecule has 21 heavy (non-hydrogen) atoms. The molecule has 0 aromatic carbocycles. The van der Waals surface area contributed by atoms with Crippen LogP contribution in [-0.4, -0.2) is 21.6 Å². The summed E-state index contributed by atoms with van der Waals surface area (Å²) in [6, 6.07) is 1.49. The lowest BCUT2D eigenvalue weighted by molar-refractivity contribution is -0.117. The van der Waals surface area contributed by atoms with Gasteiger partial charge in [0.25, 0.3) is 11.5 Å². The average molecular weight is 347 g/mol. The Labute approximate surface area is 132 Å². The summed E-state index contributed by atoms with van der Waals surface area (Å²) in [6.45, 7) is -0.369. The summed E-state index contributed by atoms with van der Waals surface area (Å²) < 4.78 is 0.862. The summed E-state index contributed by atoms with van der Waals surface area (Å²) in [4.78, 5) is 34.7. The molecule has 0 spiro atoms. The predicted molar refractivity (Wildman–Crippen MR) is 80.0 cm³/mol. The van der Waals surface area contributed by atoms with Crippen molar-refractivity contribution in [1.82, 2.24) is 9.78 Å². The first-order chi connectivity index (χ1) is 9.90. The molecule has 2 amide bonds. The zero-order chi connectivity index (χ0) is 15.6. The Balaban J connectivity index is 2.16.